The van der Waals surface area contributed by atoms with Crippen LogP contribution in [0.15, 0.2) is 12.4 Å². The van der Waals surface area contributed by atoms with E-state index in [1.165, 1.54) is 32.1 Å². The first-order valence-corrected chi connectivity index (χ1v) is 8.03. The number of hydrogen-bond acceptors (Lipinski definition) is 4. The van der Waals surface area contributed by atoms with Crippen molar-refractivity contribution in [3.63, 3.8) is 0 Å². The Balaban J connectivity index is 1.96. The van der Waals surface area contributed by atoms with Gasteiger partial charge in [0.15, 0.2) is 0 Å². The lowest BCUT2D eigenvalue weighted by Gasteiger charge is -2.35. The highest BCUT2D eigenvalue weighted by atomic mass is 15.2. The van der Waals surface area contributed by atoms with Gasteiger partial charge in [-0.15, -0.1) is 0 Å². The summed E-state index contributed by atoms with van der Waals surface area (Å²) in [4.78, 5) is 11.1. The zero-order chi connectivity index (χ0) is 14.4. The molecule has 1 fully saturated rings. The fourth-order valence-electron chi connectivity index (χ4n) is 3.02. The molecule has 0 aliphatic heterocycles. The highest BCUT2D eigenvalue weighted by molar-refractivity contribution is 5.48. The number of hydrogen-bond donors (Lipinski definition) is 1. The molecular formula is C16H28N4. The second-order valence-electron chi connectivity index (χ2n) is 5.88. The topological polar surface area (TPSA) is 41.0 Å². The molecule has 1 heterocycles. The summed E-state index contributed by atoms with van der Waals surface area (Å²) in [5.74, 6) is 2.91. The molecule has 0 atom stereocenters. The van der Waals surface area contributed by atoms with Crippen LogP contribution in [0.4, 0.5) is 11.6 Å². The van der Waals surface area contributed by atoms with Crippen molar-refractivity contribution in [1.82, 2.24) is 9.97 Å². The summed E-state index contributed by atoms with van der Waals surface area (Å²) >= 11 is 0. The fraction of sp³-hybridized carbons (Fsp3) is 0.750. The Kier molecular flexibility index (Phi) is 5.62. The van der Waals surface area contributed by atoms with E-state index < -0.39 is 0 Å². The molecule has 0 aromatic carbocycles. The van der Waals surface area contributed by atoms with E-state index in [1.807, 2.05) is 0 Å². The van der Waals surface area contributed by atoms with E-state index in [0.717, 1.165) is 30.5 Å². The number of rotatable bonds is 6. The van der Waals surface area contributed by atoms with Crippen LogP contribution in [0.5, 0.6) is 0 Å². The van der Waals surface area contributed by atoms with Crippen LogP contribution < -0.4 is 10.2 Å². The largest absolute Gasteiger partial charge is 0.370 e. The molecule has 20 heavy (non-hydrogen) atoms. The van der Waals surface area contributed by atoms with E-state index in [1.54, 1.807) is 6.33 Å². The van der Waals surface area contributed by atoms with Crippen LogP contribution in [-0.2, 0) is 0 Å². The smallest absolute Gasteiger partial charge is 0.134 e. The highest BCUT2D eigenvalue weighted by Gasteiger charge is 2.23. The van der Waals surface area contributed by atoms with Crippen LogP contribution in [0, 0.1) is 5.92 Å². The van der Waals surface area contributed by atoms with Crippen molar-refractivity contribution in [2.24, 2.45) is 5.92 Å². The minimum atomic E-state index is 0.631. The monoisotopic (exact) mass is 276 g/mol. The molecule has 0 unspecified atom stereocenters. The van der Waals surface area contributed by atoms with Gasteiger partial charge in [-0.25, -0.2) is 9.97 Å². The first-order chi connectivity index (χ1) is 9.74. The third-order valence-electron chi connectivity index (χ3n) is 4.51. The predicted molar refractivity (Wildman–Crippen MR) is 85.3 cm³/mol. The maximum absolute atomic E-state index is 4.44. The molecule has 0 amide bonds. The minimum Gasteiger partial charge on any atom is -0.370 e. The predicted octanol–water partition coefficient (Wildman–Crippen LogP) is 3.70. The average Bonchev–Trinajstić information content (AvgIpc) is 2.52. The lowest BCUT2D eigenvalue weighted by Crippen LogP contribution is -2.35. The van der Waals surface area contributed by atoms with E-state index in [9.17, 15) is 0 Å². The zero-order valence-corrected chi connectivity index (χ0v) is 13.1. The Bertz CT molecular complexity index is 399. The summed E-state index contributed by atoms with van der Waals surface area (Å²) in [5.41, 5.74) is 0. The van der Waals surface area contributed by atoms with Gasteiger partial charge in [-0.1, -0.05) is 20.3 Å². The molecule has 0 bridgehead atoms. The summed E-state index contributed by atoms with van der Waals surface area (Å²) in [6.07, 6.45) is 9.40. The van der Waals surface area contributed by atoms with Gasteiger partial charge in [0.25, 0.3) is 0 Å². The number of anilines is 2. The minimum absolute atomic E-state index is 0.631. The molecule has 1 aromatic heterocycles. The first kappa shape index (κ1) is 15.1. The second kappa shape index (κ2) is 7.46. The van der Waals surface area contributed by atoms with Gasteiger partial charge >= 0.3 is 0 Å². The van der Waals surface area contributed by atoms with E-state index in [0.29, 0.717) is 6.04 Å². The summed E-state index contributed by atoms with van der Waals surface area (Å²) in [6.45, 7) is 5.43. The Labute approximate surface area is 123 Å². The van der Waals surface area contributed by atoms with Crippen molar-refractivity contribution in [1.29, 1.82) is 0 Å². The Morgan fingerprint density at radius 1 is 1.20 bits per heavy atom. The Hall–Kier alpha value is -1.32. The number of nitrogens with one attached hydrogen (secondary N) is 1. The molecule has 0 spiro atoms. The maximum atomic E-state index is 4.44. The fourth-order valence-corrected chi connectivity index (χ4v) is 3.02. The van der Waals surface area contributed by atoms with Crippen LogP contribution in [0.25, 0.3) is 0 Å². The molecular weight excluding hydrogens is 248 g/mol. The normalized spacial score (nSPS) is 22.6. The Morgan fingerprint density at radius 2 is 1.95 bits per heavy atom. The molecule has 0 radical (unpaired) electrons. The lowest BCUT2D eigenvalue weighted by molar-refractivity contribution is 0.313. The van der Waals surface area contributed by atoms with Gasteiger partial charge in [-0.3, -0.25) is 0 Å². The van der Waals surface area contributed by atoms with Crippen LogP contribution >= 0.6 is 0 Å². The molecule has 0 saturated heterocycles. The van der Waals surface area contributed by atoms with Gasteiger partial charge in [-0.2, -0.15) is 0 Å². The van der Waals surface area contributed by atoms with Crippen LogP contribution in [0.1, 0.15) is 52.4 Å². The van der Waals surface area contributed by atoms with Gasteiger partial charge < -0.3 is 10.2 Å². The third kappa shape index (κ3) is 3.84. The average molecular weight is 276 g/mol. The van der Waals surface area contributed by atoms with Gasteiger partial charge in [0.05, 0.1) is 0 Å². The van der Waals surface area contributed by atoms with E-state index in [2.05, 4.69) is 47.1 Å². The number of aromatic nitrogens is 2. The van der Waals surface area contributed by atoms with Gasteiger partial charge in [-0.05, 0) is 38.0 Å². The molecule has 1 aromatic rings. The molecule has 1 aliphatic carbocycles. The molecule has 1 aliphatic rings. The van der Waals surface area contributed by atoms with E-state index >= 15 is 0 Å². The highest BCUT2D eigenvalue weighted by Crippen LogP contribution is 2.30. The van der Waals surface area contributed by atoms with Crippen molar-refractivity contribution >= 4 is 11.6 Å². The van der Waals surface area contributed by atoms with Gasteiger partial charge in [0.1, 0.15) is 18.0 Å². The van der Waals surface area contributed by atoms with E-state index in [-0.39, 0.29) is 0 Å². The van der Waals surface area contributed by atoms with Crippen molar-refractivity contribution in [3.05, 3.63) is 12.4 Å². The second-order valence-corrected chi connectivity index (χ2v) is 5.88. The van der Waals surface area contributed by atoms with Gasteiger partial charge in [0.2, 0.25) is 0 Å². The first-order valence-electron chi connectivity index (χ1n) is 8.03. The molecule has 1 N–H and O–H groups in total. The van der Waals surface area contributed by atoms with Crippen LogP contribution in [0.2, 0.25) is 0 Å². The number of nitrogens with zero attached hydrogens (tertiary/aromatic N) is 3. The van der Waals surface area contributed by atoms with Gasteiger partial charge in [0, 0.05) is 25.7 Å². The molecule has 4 nitrogen and oxygen atoms in total. The van der Waals surface area contributed by atoms with Crippen molar-refractivity contribution < 1.29 is 0 Å². The molecule has 4 heteroatoms. The molecule has 112 valence electrons. The van der Waals surface area contributed by atoms with Crippen LogP contribution in [-0.4, -0.2) is 29.6 Å². The van der Waals surface area contributed by atoms with Crippen molar-refractivity contribution in [2.75, 3.05) is 23.8 Å². The lowest BCUT2D eigenvalue weighted by atomic mass is 9.84. The van der Waals surface area contributed by atoms with E-state index in [4.69, 9.17) is 0 Å². The summed E-state index contributed by atoms with van der Waals surface area (Å²) < 4.78 is 0. The Morgan fingerprint density at radius 3 is 2.60 bits per heavy atom. The quantitative estimate of drug-likeness (QED) is 0.860. The zero-order valence-electron chi connectivity index (χ0n) is 13.1. The maximum Gasteiger partial charge on any atom is 0.134 e. The molecule has 2 rings (SSSR count). The standard InChI is InChI=1S/C16H28N4/c1-4-10-17-15-11-16(19-12-18-15)20(3)14-8-6-13(5-2)7-9-14/h11-14H,4-10H2,1-3H3,(H,17,18,19). The summed E-state index contributed by atoms with van der Waals surface area (Å²) in [7, 11) is 2.17. The summed E-state index contributed by atoms with van der Waals surface area (Å²) in [6, 6.07) is 2.70. The third-order valence-corrected chi connectivity index (χ3v) is 4.51. The van der Waals surface area contributed by atoms with Crippen LogP contribution in [0.3, 0.4) is 0 Å². The van der Waals surface area contributed by atoms with Crippen molar-refractivity contribution in [3.8, 4) is 0 Å². The SMILES string of the molecule is CCCNc1cc(N(C)C2CCC(CC)CC2)ncn1. The molecule has 1 saturated carbocycles. The van der Waals surface area contributed by atoms with Crippen molar-refractivity contribution in [2.45, 2.75) is 58.4 Å². The summed E-state index contributed by atoms with van der Waals surface area (Å²) in [5, 5.41) is 3.33.